The molecule has 1 heterocycles. The fourth-order valence-electron chi connectivity index (χ4n) is 1.15. The van der Waals surface area contributed by atoms with Crippen LogP contribution in [0.15, 0.2) is 5.10 Å². The van der Waals surface area contributed by atoms with Gasteiger partial charge in [0.05, 0.1) is 6.04 Å². The lowest BCUT2D eigenvalue weighted by Gasteiger charge is -2.11. The number of amides is 1. The normalized spacial score (nSPS) is 21.6. The van der Waals surface area contributed by atoms with Crippen molar-refractivity contribution in [2.24, 2.45) is 5.10 Å². The van der Waals surface area contributed by atoms with Gasteiger partial charge in [-0.2, -0.15) is 5.10 Å². The first-order chi connectivity index (χ1) is 6.13. The van der Waals surface area contributed by atoms with Crippen LogP contribution >= 0.6 is 0 Å². The Morgan fingerprint density at radius 2 is 2.54 bits per heavy atom. The van der Waals surface area contributed by atoms with Crippen molar-refractivity contribution in [2.75, 3.05) is 20.8 Å². The van der Waals surface area contributed by atoms with Crippen molar-refractivity contribution in [1.29, 1.82) is 0 Å². The van der Waals surface area contributed by atoms with Crippen molar-refractivity contribution in [3.05, 3.63) is 0 Å². The smallest absolute Gasteiger partial charge is 0.251 e. The van der Waals surface area contributed by atoms with Crippen molar-refractivity contribution in [1.82, 2.24) is 10.3 Å². The second-order valence-corrected chi connectivity index (χ2v) is 3.15. The molecule has 5 heteroatoms. The zero-order valence-corrected chi connectivity index (χ0v) is 8.20. The van der Waals surface area contributed by atoms with E-state index in [9.17, 15) is 4.79 Å². The number of carbonyl (C=O) groups excluding carboxylic acids is 1. The summed E-state index contributed by atoms with van der Waals surface area (Å²) < 4.78 is 4.69. The lowest BCUT2D eigenvalue weighted by atomic mass is 10.2. The molecule has 5 nitrogen and oxygen atoms in total. The van der Waals surface area contributed by atoms with Gasteiger partial charge < -0.3 is 10.1 Å². The molecule has 0 bridgehead atoms. The summed E-state index contributed by atoms with van der Waals surface area (Å²) in [6.45, 7) is 2.14. The average molecular weight is 185 g/mol. The quantitative estimate of drug-likeness (QED) is 0.647. The Morgan fingerprint density at radius 1 is 1.85 bits per heavy atom. The summed E-state index contributed by atoms with van der Waals surface area (Å²) in [5.74, 6) is 0.570. The highest BCUT2D eigenvalue weighted by Gasteiger charge is 2.20. The molecule has 1 aliphatic heterocycles. The number of hydrogen-bond acceptors (Lipinski definition) is 4. The fraction of sp³-hybridized carbons (Fsp3) is 0.750. The Hall–Kier alpha value is -1.10. The topological polar surface area (TPSA) is 53.9 Å². The minimum Gasteiger partial charge on any atom is -0.375 e. The van der Waals surface area contributed by atoms with Crippen LogP contribution in [-0.2, 0) is 9.53 Å². The highest BCUT2D eigenvalue weighted by Crippen LogP contribution is 2.09. The maximum atomic E-state index is 11.1. The molecular formula is C8H15N3O2. The highest BCUT2D eigenvalue weighted by atomic mass is 16.5. The minimum atomic E-state index is -0.149. The van der Waals surface area contributed by atoms with Crippen molar-refractivity contribution < 1.29 is 9.53 Å². The molecule has 0 radical (unpaired) electrons. The Morgan fingerprint density at radius 3 is 3.00 bits per heavy atom. The van der Waals surface area contributed by atoms with E-state index >= 15 is 0 Å². The van der Waals surface area contributed by atoms with E-state index in [1.54, 1.807) is 0 Å². The summed E-state index contributed by atoms with van der Waals surface area (Å²) in [5.41, 5.74) is 0. The molecular weight excluding hydrogens is 170 g/mol. The van der Waals surface area contributed by atoms with E-state index in [-0.39, 0.29) is 12.5 Å². The van der Waals surface area contributed by atoms with Crippen molar-refractivity contribution in [2.45, 2.75) is 19.4 Å². The minimum absolute atomic E-state index is 0.0805. The average Bonchev–Trinajstić information content (AvgIpc) is 2.31. The molecule has 0 fully saturated rings. The number of nitrogens with one attached hydrogen (secondary N) is 1. The molecule has 1 aliphatic rings. The van der Waals surface area contributed by atoms with Gasteiger partial charge in [-0.1, -0.05) is 0 Å². The third-order valence-corrected chi connectivity index (χ3v) is 1.96. The highest BCUT2D eigenvalue weighted by molar-refractivity contribution is 5.99. The largest absolute Gasteiger partial charge is 0.375 e. The lowest BCUT2D eigenvalue weighted by Crippen LogP contribution is -2.32. The zero-order valence-electron chi connectivity index (χ0n) is 8.20. The molecule has 1 amide bonds. The standard InChI is InChI=1S/C8H15N3O2/c1-6-4-7(10-11(6)2)9-8(12)5-13-3/h6H,4-5H2,1-3H3,(H,9,10,12). The molecule has 0 aromatic rings. The summed E-state index contributed by atoms with van der Waals surface area (Å²) in [4.78, 5) is 11.1. The third-order valence-electron chi connectivity index (χ3n) is 1.96. The number of nitrogens with zero attached hydrogens (tertiary/aromatic N) is 2. The maximum Gasteiger partial charge on any atom is 0.251 e. The van der Waals surface area contributed by atoms with Gasteiger partial charge in [-0.15, -0.1) is 0 Å². The number of carbonyl (C=O) groups is 1. The predicted octanol–water partition coefficient (Wildman–Crippen LogP) is -0.214. The van der Waals surface area contributed by atoms with E-state index in [0.717, 1.165) is 12.3 Å². The Kier molecular flexibility index (Phi) is 3.25. The van der Waals surface area contributed by atoms with Gasteiger partial charge in [0, 0.05) is 20.6 Å². The summed E-state index contributed by atoms with van der Waals surface area (Å²) >= 11 is 0. The summed E-state index contributed by atoms with van der Waals surface area (Å²) in [6, 6.07) is 0.359. The fourth-order valence-corrected chi connectivity index (χ4v) is 1.15. The van der Waals surface area contributed by atoms with Crippen molar-refractivity contribution >= 4 is 11.7 Å². The molecule has 0 saturated heterocycles. The van der Waals surface area contributed by atoms with Gasteiger partial charge in [0.25, 0.3) is 5.91 Å². The summed E-state index contributed by atoms with van der Waals surface area (Å²) in [7, 11) is 3.38. The van der Waals surface area contributed by atoms with Gasteiger partial charge in [-0.3, -0.25) is 9.80 Å². The first kappa shape index (κ1) is 9.98. The molecule has 0 aromatic carbocycles. The molecule has 13 heavy (non-hydrogen) atoms. The molecule has 1 atom stereocenters. The molecule has 74 valence electrons. The SMILES string of the molecule is COCC(=O)NC1=NN(C)C(C)C1. The first-order valence-corrected chi connectivity index (χ1v) is 4.22. The first-order valence-electron chi connectivity index (χ1n) is 4.22. The van der Waals surface area contributed by atoms with E-state index in [1.165, 1.54) is 7.11 Å². The van der Waals surface area contributed by atoms with E-state index in [2.05, 4.69) is 22.1 Å². The molecule has 1 unspecified atom stereocenters. The van der Waals surface area contributed by atoms with E-state index in [1.807, 2.05) is 12.1 Å². The van der Waals surface area contributed by atoms with Crippen molar-refractivity contribution in [3.63, 3.8) is 0 Å². The van der Waals surface area contributed by atoms with Crippen LogP contribution in [0.5, 0.6) is 0 Å². The molecule has 0 aliphatic carbocycles. The number of hydrogen-bond donors (Lipinski definition) is 1. The van der Waals surface area contributed by atoms with E-state index in [4.69, 9.17) is 0 Å². The monoisotopic (exact) mass is 185 g/mol. The molecule has 0 spiro atoms. The van der Waals surface area contributed by atoms with Gasteiger partial charge in [0.15, 0.2) is 0 Å². The Balaban J connectivity index is 2.39. The number of amidine groups is 1. The van der Waals surface area contributed by atoms with Crippen LogP contribution in [-0.4, -0.2) is 43.6 Å². The van der Waals surface area contributed by atoms with Gasteiger partial charge in [0.1, 0.15) is 12.4 Å². The van der Waals surface area contributed by atoms with Crippen molar-refractivity contribution in [3.8, 4) is 0 Å². The van der Waals surface area contributed by atoms with Crippen LogP contribution in [0.25, 0.3) is 0 Å². The Labute approximate surface area is 77.7 Å². The molecule has 0 saturated carbocycles. The van der Waals surface area contributed by atoms with Crippen LogP contribution in [0, 0.1) is 0 Å². The number of hydrazone groups is 1. The van der Waals surface area contributed by atoms with E-state index < -0.39 is 0 Å². The van der Waals surface area contributed by atoms with Gasteiger partial charge in [-0.25, -0.2) is 0 Å². The predicted molar refractivity (Wildman–Crippen MR) is 49.3 cm³/mol. The van der Waals surface area contributed by atoms with Gasteiger partial charge in [0.2, 0.25) is 0 Å². The molecule has 0 aromatic heterocycles. The van der Waals surface area contributed by atoms with Gasteiger partial charge >= 0.3 is 0 Å². The maximum absolute atomic E-state index is 11.1. The Bertz CT molecular complexity index is 227. The van der Waals surface area contributed by atoms with Crippen LogP contribution in [0.4, 0.5) is 0 Å². The number of methoxy groups -OCH3 is 1. The molecule has 1 N–H and O–H groups in total. The second kappa shape index (κ2) is 4.23. The van der Waals surface area contributed by atoms with Crippen LogP contribution in [0.2, 0.25) is 0 Å². The third kappa shape index (κ3) is 2.69. The number of rotatable bonds is 2. The number of ether oxygens (including phenoxy) is 1. The van der Waals surface area contributed by atoms with E-state index in [0.29, 0.717) is 6.04 Å². The molecule has 1 rings (SSSR count). The van der Waals surface area contributed by atoms with Gasteiger partial charge in [-0.05, 0) is 6.92 Å². The van der Waals surface area contributed by atoms with Crippen LogP contribution in [0.3, 0.4) is 0 Å². The van der Waals surface area contributed by atoms with Crippen LogP contribution in [0.1, 0.15) is 13.3 Å². The lowest BCUT2D eigenvalue weighted by molar-refractivity contribution is -0.123. The second-order valence-electron chi connectivity index (χ2n) is 3.15. The zero-order chi connectivity index (χ0) is 9.84. The summed E-state index contributed by atoms with van der Waals surface area (Å²) in [5, 5.41) is 8.67. The summed E-state index contributed by atoms with van der Waals surface area (Å²) in [6.07, 6.45) is 0.784. The van der Waals surface area contributed by atoms with Crippen LogP contribution < -0.4 is 5.32 Å².